The lowest BCUT2D eigenvalue weighted by atomic mass is 10.2. The highest BCUT2D eigenvalue weighted by molar-refractivity contribution is 6.32. The Kier molecular flexibility index (Phi) is 7.31. The van der Waals surface area contributed by atoms with E-state index in [1.54, 1.807) is 24.3 Å². The molecule has 8 heteroatoms. The van der Waals surface area contributed by atoms with Gasteiger partial charge in [0.2, 0.25) is 0 Å². The lowest BCUT2D eigenvalue weighted by Crippen LogP contribution is -2.17. The van der Waals surface area contributed by atoms with E-state index in [9.17, 15) is 9.90 Å². The van der Waals surface area contributed by atoms with Crippen molar-refractivity contribution in [3.05, 3.63) is 46.5 Å². The zero-order valence-corrected chi connectivity index (χ0v) is 16.0. The number of aromatic hydroxyl groups is 1. The molecule has 0 heterocycles. The third kappa shape index (κ3) is 5.27. The number of phenols is 1. The predicted octanol–water partition coefficient (Wildman–Crippen LogP) is 3.62. The molecule has 0 saturated carbocycles. The molecule has 1 amide bonds. The molecule has 0 aromatic heterocycles. The molecule has 0 unspecified atom stereocenters. The summed E-state index contributed by atoms with van der Waals surface area (Å²) in [5.41, 5.74) is 3.36. The normalized spacial score (nSPS) is 10.7. The summed E-state index contributed by atoms with van der Waals surface area (Å²) >= 11 is 5.92. The van der Waals surface area contributed by atoms with Crippen molar-refractivity contribution in [2.24, 2.45) is 5.10 Å². The van der Waals surface area contributed by atoms with Crippen LogP contribution in [0.1, 0.15) is 29.8 Å². The molecule has 0 atom stereocenters. The van der Waals surface area contributed by atoms with Crippen molar-refractivity contribution in [1.82, 2.24) is 5.43 Å². The van der Waals surface area contributed by atoms with Gasteiger partial charge in [0.15, 0.2) is 23.0 Å². The van der Waals surface area contributed by atoms with E-state index in [1.807, 2.05) is 13.8 Å². The predicted molar refractivity (Wildman–Crippen MR) is 104 cm³/mol. The van der Waals surface area contributed by atoms with Crippen molar-refractivity contribution in [2.45, 2.75) is 13.8 Å². The number of benzene rings is 2. The van der Waals surface area contributed by atoms with Gasteiger partial charge in [-0.15, -0.1) is 0 Å². The highest BCUT2D eigenvalue weighted by Crippen LogP contribution is 2.34. The fourth-order valence-electron chi connectivity index (χ4n) is 2.25. The number of hydrogen-bond donors (Lipinski definition) is 2. The number of nitrogens with zero attached hydrogens (tertiary/aromatic N) is 1. The number of ether oxygens (including phenoxy) is 3. The van der Waals surface area contributed by atoms with E-state index >= 15 is 0 Å². The third-order valence-corrected chi connectivity index (χ3v) is 3.74. The van der Waals surface area contributed by atoms with Crippen molar-refractivity contribution in [2.75, 3.05) is 20.3 Å². The second-order valence-electron chi connectivity index (χ2n) is 5.28. The van der Waals surface area contributed by atoms with Gasteiger partial charge in [-0.25, -0.2) is 5.43 Å². The van der Waals surface area contributed by atoms with E-state index in [0.29, 0.717) is 35.8 Å². The van der Waals surface area contributed by atoms with Crippen LogP contribution in [0.4, 0.5) is 0 Å². The molecule has 7 nitrogen and oxygen atoms in total. The summed E-state index contributed by atoms with van der Waals surface area (Å²) in [4.78, 5) is 12.3. The molecule has 0 fully saturated rings. The number of rotatable bonds is 8. The Morgan fingerprint density at radius 1 is 1.15 bits per heavy atom. The van der Waals surface area contributed by atoms with Crippen molar-refractivity contribution in [1.29, 1.82) is 0 Å². The number of carbonyl (C=O) groups is 1. The van der Waals surface area contributed by atoms with E-state index in [2.05, 4.69) is 10.5 Å². The Morgan fingerprint density at radius 2 is 1.85 bits per heavy atom. The smallest absolute Gasteiger partial charge is 0.271 e. The number of amides is 1. The number of nitrogens with one attached hydrogen (secondary N) is 1. The summed E-state index contributed by atoms with van der Waals surface area (Å²) in [6.45, 7) is 4.67. The molecule has 0 radical (unpaired) electrons. The van der Waals surface area contributed by atoms with Gasteiger partial charge in [-0.2, -0.15) is 5.10 Å². The van der Waals surface area contributed by atoms with Gasteiger partial charge in [0, 0.05) is 5.56 Å². The average Bonchev–Trinajstić information content (AvgIpc) is 2.66. The number of hydrazone groups is 1. The zero-order valence-electron chi connectivity index (χ0n) is 15.3. The topological polar surface area (TPSA) is 89.4 Å². The van der Waals surface area contributed by atoms with Crippen LogP contribution in [0.15, 0.2) is 35.4 Å². The van der Waals surface area contributed by atoms with Crippen LogP contribution in [0.5, 0.6) is 23.0 Å². The number of halogens is 1. The first-order valence-electron chi connectivity index (χ1n) is 8.29. The molecule has 2 N–H and O–H groups in total. The summed E-state index contributed by atoms with van der Waals surface area (Å²) in [5, 5.41) is 13.7. The van der Waals surface area contributed by atoms with Crippen LogP contribution in [-0.2, 0) is 0 Å². The molecule has 27 heavy (non-hydrogen) atoms. The SMILES string of the molecule is CCOc1ccc(C(=O)N/N=C/c2cc(Cl)c(O)c(OC)c2)cc1OCC. The molecule has 2 aromatic carbocycles. The molecule has 0 bridgehead atoms. The number of methoxy groups -OCH3 is 1. The molecule has 0 spiro atoms. The Hall–Kier alpha value is -2.93. The fourth-order valence-corrected chi connectivity index (χ4v) is 2.47. The lowest BCUT2D eigenvalue weighted by Gasteiger charge is -2.11. The van der Waals surface area contributed by atoms with Gasteiger partial charge in [0.05, 0.1) is 31.6 Å². The molecule has 2 aromatic rings. The lowest BCUT2D eigenvalue weighted by molar-refractivity contribution is 0.0954. The number of phenolic OH excluding ortho intramolecular Hbond substituents is 1. The Balaban J connectivity index is 2.12. The quantitative estimate of drug-likeness (QED) is 0.529. The van der Waals surface area contributed by atoms with Crippen LogP contribution in [0.3, 0.4) is 0 Å². The highest BCUT2D eigenvalue weighted by Gasteiger charge is 2.11. The monoisotopic (exact) mass is 392 g/mol. The van der Waals surface area contributed by atoms with E-state index in [-0.39, 0.29) is 16.5 Å². The largest absolute Gasteiger partial charge is 0.503 e. The molecular formula is C19H21ClN2O5. The van der Waals surface area contributed by atoms with Crippen LogP contribution in [0, 0.1) is 0 Å². The highest BCUT2D eigenvalue weighted by atomic mass is 35.5. The van der Waals surface area contributed by atoms with Crippen molar-refractivity contribution < 1.29 is 24.1 Å². The minimum Gasteiger partial charge on any atom is -0.503 e. The summed E-state index contributed by atoms with van der Waals surface area (Å²) in [5.74, 6) is 0.713. The number of hydrogen-bond acceptors (Lipinski definition) is 6. The van der Waals surface area contributed by atoms with Crippen LogP contribution in [0.2, 0.25) is 5.02 Å². The third-order valence-electron chi connectivity index (χ3n) is 3.46. The van der Waals surface area contributed by atoms with Crippen molar-refractivity contribution in [3.8, 4) is 23.0 Å². The van der Waals surface area contributed by atoms with Gasteiger partial charge in [-0.1, -0.05) is 11.6 Å². The van der Waals surface area contributed by atoms with E-state index in [4.69, 9.17) is 25.8 Å². The Labute approximate surface area is 162 Å². The molecule has 0 aliphatic carbocycles. The molecular weight excluding hydrogens is 372 g/mol. The van der Waals surface area contributed by atoms with Crippen molar-refractivity contribution >= 4 is 23.7 Å². The van der Waals surface area contributed by atoms with Gasteiger partial charge in [0.25, 0.3) is 5.91 Å². The molecule has 2 rings (SSSR count). The maximum absolute atomic E-state index is 12.3. The van der Waals surface area contributed by atoms with Gasteiger partial charge in [0.1, 0.15) is 0 Å². The first kappa shape index (κ1) is 20.4. The molecule has 144 valence electrons. The van der Waals surface area contributed by atoms with E-state index < -0.39 is 5.91 Å². The molecule has 0 saturated heterocycles. The average molecular weight is 393 g/mol. The summed E-state index contributed by atoms with van der Waals surface area (Å²) < 4.78 is 16.0. The van der Waals surface area contributed by atoms with Gasteiger partial charge in [-0.3, -0.25) is 4.79 Å². The van der Waals surface area contributed by atoms with Crippen molar-refractivity contribution in [3.63, 3.8) is 0 Å². The van der Waals surface area contributed by atoms with Gasteiger partial charge < -0.3 is 19.3 Å². The fraction of sp³-hybridized carbons (Fsp3) is 0.263. The zero-order chi connectivity index (χ0) is 19.8. The Morgan fingerprint density at radius 3 is 2.52 bits per heavy atom. The van der Waals surface area contributed by atoms with Gasteiger partial charge in [-0.05, 0) is 49.7 Å². The van der Waals surface area contributed by atoms with Crippen LogP contribution < -0.4 is 19.6 Å². The summed E-state index contributed by atoms with van der Waals surface area (Å²) in [6, 6.07) is 7.94. The van der Waals surface area contributed by atoms with E-state index in [1.165, 1.54) is 19.4 Å². The number of carbonyl (C=O) groups excluding carboxylic acids is 1. The van der Waals surface area contributed by atoms with Gasteiger partial charge >= 0.3 is 0 Å². The van der Waals surface area contributed by atoms with E-state index in [0.717, 1.165) is 0 Å². The second kappa shape index (κ2) is 9.68. The van der Waals surface area contributed by atoms with Crippen LogP contribution >= 0.6 is 11.6 Å². The maximum atomic E-state index is 12.3. The first-order chi connectivity index (χ1) is 13.0. The van der Waals surface area contributed by atoms with Crippen LogP contribution in [0.25, 0.3) is 0 Å². The second-order valence-corrected chi connectivity index (χ2v) is 5.69. The Bertz CT molecular complexity index is 839. The summed E-state index contributed by atoms with van der Waals surface area (Å²) in [7, 11) is 1.41. The standard InChI is InChI=1S/C19H21ClN2O5/c1-4-26-15-7-6-13(10-16(15)27-5-2)19(24)22-21-11-12-8-14(20)18(23)17(9-12)25-3/h6-11,23H,4-5H2,1-3H3,(H,22,24)/b21-11+. The maximum Gasteiger partial charge on any atom is 0.271 e. The summed E-state index contributed by atoms with van der Waals surface area (Å²) in [6.07, 6.45) is 1.39. The molecule has 0 aliphatic rings. The van der Waals surface area contributed by atoms with Crippen LogP contribution in [-0.4, -0.2) is 37.6 Å². The minimum absolute atomic E-state index is 0.120. The first-order valence-corrected chi connectivity index (χ1v) is 8.67. The molecule has 0 aliphatic heterocycles. The minimum atomic E-state index is -0.410.